The molecule has 2 N–H and O–H groups in total. The van der Waals surface area contributed by atoms with Crippen LogP contribution in [-0.2, 0) is 0 Å². The number of carbonyl (C=O) groups excluding carboxylic acids is 1. The van der Waals surface area contributed by atoms with E-state index in [0.29, 0.717) is 9.88 Å². The number of nitrogens with two attached hydrogens (primary N) is 1. The average molecular weight is 127 g/mol. The van der Waals surface area contributed by atoms with E-state index in [9.17, 15) is 4.79 Å². The van der Waals surface area contributed by atoms with Crippen LogP contribution in [-0.4, -0.2) is 6.29 Å². The molecule has 0 spiro atoms. The van der Waals surface area contributed by atoms with E-state index in [1.54, 1.807) is 12.1 Å². The highest BCUT2D eigenvalue weighted by atomic mass is 32.1. The van der Waals surface area contributed by atoms with Crippen molar-refractivity contribution in [3.8, 4) is 0 Å². The van der Waals surface area contributed by atoms with Crippen molar-refractivity contribution in [2.75, 3.05) is 5.73 Å². The molecule has 0 saturated carbocycles. The highest BCUT2D eigenvalue weighted by Crippen LogP contribution is 2.15. The van der Waals surface area contributed by atoms with Gasteiger partial charge in [0.1, 0.15) is 0 Å². The van der Waals surface area contributed by atoms with Crippen LogP contribution in [0.15, 0.2) is 12.1 Å². The first-order valence-corrected chi connectivity index (χ1v) is 2.95. The monoisotopic (exact) mass is 127 g/mol. The van der Waals surface area contributed by atoms with Gasteiger partial charge in [0.05, 0.1) is 9.88 Å². The van der Waals surface area contributed by atoms with Gasteiger partial charge in [0.2, 0.25) is 0 Å². The third-order valence-electron chi connectivity index (χ3n) is 0.764. The van der Waals surface area contributed by atoms with Crippen LogP contribution < -0.4 is 5.73 Å². The first-order chi connectivity index (χ1) is 3.83. The van der Waals surface area contributed by atoms with Gasteiger partial charge in [-0.25, -0.2) is 0 Å². The van der Waals surface area contributed by atoms with Gasteiger partial charge in [-0.3, -0.25) is 4.79 Å². The molecule has 0 bridgehead atoms. The Bertz CT molecular complexity index is 194. The Kier molecular flexibility index (Phi) is 1.30. The zero-order chi connectivity index (χ0) is 5.98. The molecule has 0 aliphatic carbocycles. The van der Waals surface area contributed by atoms with Crippen molar-refractivity contribution in [2.24, 2.45) is 0 Å². The summed E-state index contributed by atoms with van der Waals surface area (Å²) in [7, 11) is 0. The van der Waals surface area contributed by atoms with Gasteiger partial charge < -0.3 is 5.73 Å². The molecule has 0 amide bonds. The predicted molar refractivity (Wildman–Crippen MR) is 34.1 cm³/mol. The van der Waals surface area contributed by atoms with Gasteiger partial charge in [0.15, 0.2) is 6.29 Å². The number of hydrogen-bond acceptors (Lipinski definition) is 3. The Balaban J connectivity index is 3.00. The summed E-state index contributed by atoms with van der Waals surface area (Å²) < 4.78 is 0. The molecule has 0 aliphatic rings. The molecule has 1 aromatic heterocycles. The molecule has 1 heterocycles. The Hall–Kier alpha value is -0.830. The lowest BCUT2D eigenvalue weighted by molar-refractivity contribution is 0.112. The smallest absolute Gasteiger partial charge is 0.160 e. The summed E-state index contributed by atoms with van der Waals surface area (Å²) in [6, 6.07) is 3.42. The molecule has 8 heavy (non-hydrogen) atoms. The van der Waals surface area contributed by atoms with E-state index in [4.69, 9.17) is 5.73 Å². The molecule has 0 fully saturated rings. The van der Waals surface area contributed by atoms with Crippen molar-refractivity contribution in [1.82, 2.24) is 0 Å². The van der Waals surface area contributed by atoms with Gasteiger partial charge in [0.25, 0.3) is 0 Å². The van der Waals surface area contributed by atoms with Gasteiger partial charge in [-0.1, -0.05) is 0 Å². The first-order valence-electron chi connectivity index (χ1n) is 2.13. The third kappa shape index (κ3) is 0.869. The molecule has 0 aromatic carbocycles. The van der Waals surface area contributed by atoms with Crippen LogP contribution in [0.3, 0.4) is 0 Å². The minimum Gasteiger partial charge on any atom is -0.391 e. The number of thiophene rings is 1. The molecule has 2 nitrogen and oxygen atoms in total. The topological polar surface area (TPSA) is 43.1 Å². The van der Waals surface area contributed by atoms with E-state index >= 15 is 0 Å². The summed E-state index contributed by atoms with van der Waals surface area (Å²) >= 11 is 1.30. The quantitative estimate of drug-likeness (QED) is 0.575. The van der Waals surface area contributed by atoms with E-state index in [1.165, 1.54) is 11.3 Å². The van der Waals surface area contributed by atoms with Crippen LogP contribution in [0.5, 0.6) is 0 Å². The van der Waals surface area contributed by atoms with E-state index in [-0.39, 0.29) is 0 Å². The van der Waals surface area contributed by atoms with Gasteiger partial charge in [0, 0.05) is 0 Å². The lowest BCUT2D eigenvalue weighted by atomic mass is 10.5. The maximum Gasteiger partial charge on any atom is 0.160 e. The standard InChI is InChI=1S/C5H5NOS/c6-5-2-1-4(3-7)8-5/h1-3H,6H2. The average Bonchev–Trinajstić information content (AvgIpc) is 2.14. The normalized spacial score (nSPS) is 9.00. The fourth-order valence-electron chi connectivity index (χ4n) is 0.432. The van der Waals surface area contributed by atoms with Crippen LogP contribution in [0.4, 0.5) is 5.00 Å². The molecule has 0 atom stereocenters. The number of aldehydes is 1. The van der Waals surface area contributed by atoms with E-state index < -0.39 is 0 Å². The van der Waals surface area contributed by atoms with Crippen molar-refractivity contribution in [2.45, 2.75) is 0 Å². The zero-order valence-corrected chi connectivity index (χ0v) is 4.94. The van der Waals surface area contributed by atoms with E-state index in [0.717, 1.165) is 6.29 Å². The third-order valence-corrected chi connectivity index (χ3v) is 1.60. The highest BCUT2D eigenvalue weighted by molar-refractivity contribution is 7.17. The minimum absolute atomic E-state index is 0.683. The fraction of sp³-hybridized carbons (Fsp3) is 0. The van der Waals surface area contributed by atoms with Crippen molar-refractivity contribution in [3.05, 3.63) is 17.0 Å². The van der Waals surface area contributed by atoms with Crippen molar-refractivity contribution in [3.63, 3.8) is 0 Å². The maximum absolute atomic E-state index is 9.97. The predicted octanol–water partition coefficient (Wildman–Crippen LogP) is 1.14. The number of hydrogen-bond donors (Lipinski definition) is 1. The van der Waals surface area contributed by atoms with Crippen LogP contribution >= 0.6 is 11.3 Å². The maximum atomic E-state index is 9.97. The lowest BCUT2D eigenvalue weighted by Crippen LogP contribution is -1.72. The molecule has 0 unspecified atom stereocenters. The zero-order valence-electron chi connectivity index (χ0n) is 4.13. The Morgan fingerprint density at radius 1 is 1.62 bits per heavy atom. The second-order valence-electron chi connectivity index (χ2n) is 1.36. The van der Waals surface area contributed by atoms with Gasteiger partial charge in [-0.05, 0) is 12.1 Å². The number of rotatable bonds is 1. The number of anilines is 1. The van der Waals surface area contributed by atoms with Crippen molar-refractivity contribution >= 4 is 22.6 Å². The molecule has 0 aliphatic heterocycles. The molecule has 3 heteroatoms. The van der Waals surface area contributed by atoms with Crippen molar-refractivity contribution < 1.29 is 4.79 Å². The van der Waals surface area contributed by atoms with Crippen LogP contribution in [0, 0.1) is 0 Å². The summed E-state index contributed by atoms with van der Waals surface area (Å²) in [4.78, 5) is 10.7. The Labute approximate surface area is 50.9 Å². The summed E-state index contributed by atoms with van der Waals surface area (Å²) in [5, 5.41) is 0.687. The first kappa shape index (κ1) is 5.31. The van der Waals surface area contributed by atoms with E-state index in [2.05, 4.69) is 0 Å². The molecule has 42 valence electrons. The minimum atomic E-state index is 0.683. The second-order valence-corrected chi connectivity index (χ2v) is 2.50. The number of carbonyl (C=O) groups is 1. The van der Waals surface area contributed by atoms with Crippen molar-refractivity contribution in [1.29, 1.82) is 0 Å². The fourth-order valence-corrected chi connectivity index (χ4v) is 1.02. The summed E-state index contributed by atoms with van der Waals surface area (Å²) in [6.45, 7) is 0. The highest BCUT2D eigenvalue weighted by Gasteiger charge is 1.90. The molecule has 1 rings (SSSR count). The van der Waals surface area contributed by atoms with Crippen LogP contribution in [0.25, 0.3) is 0 Å². The summed E-state index contributed by atoms with van der Waals surface area (Å²) in [5.41, 5.74) is 5.31. The van der Waals surface area contributed by atoms with Crippen LogP contribution in [0.2, 0.25) is 0 Å². The number of nitrogen functional groups attached to an aromatic ring is 1. The van der Waals surface area contributed by atoms with Gasteiger partial charge in [-0.15, -0.1) is 11.3 Å². The van der Waals surface area contributed by atoms with Gasteiger partial charge in [-0.2, -0.15) is 0 Å². The molecule has 0 saturated heterocycles. The molecular weight excluding hydrogens is 122 g/mol. The lowest BCUT2D eigenvalue weighted by Gasteiger charge is -1.72. The molecular formula is C5H5NOS. The Morgan fingerprint density at radius 3 is 2.62 bits per heavy atom. The summed E-state index contributed by atoms with van der Waals surface area (Å²) in [5.74, 6) is 0. The van der Waals surface area contributed by atoms with Gasteiger partial charge >= 0.3 is 0 Å². The summed E-state index contributed by atoms with van der Waals surface area (Å²) in [6.07, 6.45) is 0.793. The largest absolute Gasteiger partial charge is 0.391 e. The molecule has 1 aromatic rings. The van der Waals surface area contributed by atoms with Crippen LogP contribution in [0.1, 0.15) is 9.67 Å². The Morgan fingerprint density at radius 2 is 2.38 bits per heavy atom. The SMILES string of the molecule is Nc1ccc(C=O)s1. The second kappa shape index (κ2) is 1.96. The van der Waals surface area contributed by atoms with E-state index in [1.807, 2.05) is 0 Å². The molecule has 0 radical (unpaired) electrons.